The van der Waals surface area contributed by atoms with E-state index in [2.05, 4.69) is 0 Å². The Kier molecular flexibility index (Phi) is 6.22. The van der Waals surface area contributed by atoms with Crippen molar-refractivity contribution in [2.75, 3.05) is 25.7 Å². The first-order valence-corrected chi connectivity index (χ1v) is 10.3. The van der Waals surface area contributed by atoms with Crippen LogP contribution < -0.4 is 19.1 Å². The number of anilines is 1. The lowest BCUT2D eigenvalue weighted by Crippen LogP contribution is -2.32. The number of hydrogen-bond donors (Lipinski definition) is 0. The summed E-state index contributed by atoms with van der Waals surface area (Å²) in [6.45, 7) is 2.51. The molecule has 1 aliphatic heterocycles. The first-order valence-electron chi connectivity index (χ1n) is 10.3. The molecule has 4 rings (SSSR count). The summed E-state index contributed by atoms with van der Waals surface area (Å²) in [7, 11) is 3.24. The molecule has 1 aliphatic rings. The van der Waals surface area contributed by atoms with Crippen LogP contribution in [-0.4, -0.2) is 32.6 Å². The highest BCUT2D eigenvalue weighted by Gasteiger charge is 2.32. The first kappa shape index (κ1) is 21.2. The predicted octanol–water partition coefficient (Wildman–Crippen LogP) is 4.94. The van der Waals surface area contributed by atoms with Crippen LogP contribution in [0.5, 0.6) is 17.2 Å². The number of hydrogen-bond acceptors (Lipinski definition) is 5. The number of rotatable bonds is 7. The Hall–Kier alpha value is -4.06. The van der Waals surface area contributed by atoms with E-state index in [0.717, 1.165) is 28.4 Å². The fraction of sp³-hybridized carbons (Fsp3) is 0.154. The molecule has 0 saturated heterocycles. The molecule has 3 aromatic carbocycles. The number of ether oxygens (including phenoxy) is 3. The Morgan fingerprint density at radius 1 is 0.812 bits per heavy atom. The predicted molar refractivity (Wildman–Crippen MR) is 126 cm³/mol. The van der Waals surface area contributed by atoms with Gasteiger partial charge in [0.15, 0.2) is 0 Å². The smallest absolute Gasteiger partial charge is 0.282 e. The van der Waals surface area contributed by atoms with Crippen molar-refractivity contribution in [3.8, 4) is 17.2 Å². The molecule has 6 heteroatoms. The van der Waals surface area contributed by atoms with Crippen LogP contribution in [0.4, 0.5) is 5.69 Å². The minimum Gasteiger partial charge on any atom is -0.497 e. The number of carbonyl (C=O) groups excluding carboxylic acids is 1. The Morgan fingerprint density at radius 2 is 1.38 bits per heavy atom. The van der Waals surface area contributed by atoms with E-state index >= 15 is 0 Å². The van der Waals surface area contributed by atoms with Gasteiger partial charge in [-0.2, -0.15) is 0 Å². The molecular formula is C26H24N2O4. The number of amides is 1. The lowest BCUT2D eigenvalue weighted by atomic mass is 10.1. The first-order chi connectivity index (χ1) is 15.6. The fourth-order valence-corrected chi connectivity index (χ4v) is 3.41. The molecule has 0 saturated carbocycles. The second-order valence-electron chi connectivity index (χ2n) is 7.03. The van der Waals surface area contributed by atoms with Crippen LogP contribution in [0.1, 0.15) is 18.1 Å². The number of benzene rings is 3. The van der Waals surface area contributed by atoms with Crippen molar-refractivity contribution in [3.63, 3.8) is 0 Å². The molecule has 0 fully saturated rings. The average Bonchev–Trinajstić information content (AvgIpc) is 3.16. The molecular weight excluding hydrogens is 404 g/mol. The third-order valence-corrected chi connectivity index (χ3v) is 5.03. The summed E-state index contributed by atoms with van der Waals surface area (Å²) >= 11 is 0. The molecule has 0 atom stereocenters. The van der Waals surface area contributed by atoms with Crippen molar-refractivity contribution in [3.05, 3.63) is 89.6 Å². The lowest BCUT2D eigenvalue weighted by molar-refractivity contribution is -0.113. The maximum atomic E-state index is 13.4. The van der Waals surface area contributed by atoms with Crippen LogP contribution in [-0.2, 0) is 4.79 Å². The van der Waals surface area contributed by atoms with Crippen LogP contribution in [0, 0.1) is 0 Å². The SMILES string of the molecule is CCOc1ccc(N2C(=O)/C(=C\c3ccc(OC)cc3)N=C2c2ccc(OC)cc2)cc1. The van der Waals surface area contributed by atoms with E-state index in [1.165, 1.54) is 0 Å². The summed E-state index contributed by atoms with van der Waals surface area (Å²) in [6.07, 6.45) is 1.78. The van der Waals surface area contributed by atoms with Crippen LogP contribution in [0.3, 0.4) is 0 Å². The molecule has 0 aromatic heterocycles. The van der Waals surface area contributed by atoms with E-state index in [4.69, 9.17) is 19.2 Å². The Balaban J connectivity index is 1.74. The van der Waals surface area contributed by atoms with Gasteiger partial charge in [0.05, 0.1) is 26.5 Å². The van der Waals surface area contributed by atoms with Gasteiger partial charge < -0.3 is 14.2 Å². The third kappa shape index (κ3) is 4.34. The molecule has 0 unspecified atom stereocenters. The average molecular weight is 428 g/mol. The molecule has 1 amide bonds. The minimum absolute atomic E-state index is 0.198. The van der Waals surface area contributed by atoms with Crippen molar-refractivity contribution in [1.82, 2.24) is 0 Å². The highest BCUT2D eigenvalue weighted by molar-refractivity contribution is 6.33. The maximum Gasteiger partial charge on any atom is 0.282 e. The highest BCUT2D eigenvalue weighted by Crippen LogP contribution is 2.30. The van der Waals surface area contributed by atoms with Crippen molar-refractivity contribution in [2.45, 2.75) is 6.92 Å². The Morgan fingerprint density at radius 3 is 1.94 bits per heavy atom. The van der Waals surface area contributed by atoms with Crippen LogP contribution in [0.15, 0.2) is 83.5 Å². The number of carbonyl (C=O) groups is 1. The topological polar surface area (TPSA) is 60.4 Å². The van der Waals surface area contributed by atoms with Gasteiger partial charge in [-0.05, 0) is 79.2 Å². The minimum atomic E-state index is -0.198. The van der Waals surface area contributed by atoms with Crippen LogP contribution in [0.2, 0.25) is 0 Å². The fourth-order valence-electron chi connectivity index (χ4n) is 3.41. The van der Waals surface area contributed by atoms with Crippen molar-refractivity contribution in [1.29, 1.82) is 0 Å². The number of nitrogens with zero attached hydrogens (tertiary/aromatic N) is 2. The third-order valence-electron chi connectivity index (χ3n) is 5.03. The molecule has 0 spiro atoms. The quantitative estimate of drug-likeness (QED) is 0.500. The van der Waals surface area contributed by atoms with Crippen molar-refractivity contribution >= 4 is 23.5 Å². The molecule has 0 radical (unpaired) electrons. The van der Waals surface area contributed by atoms with Gasteiger partial charge in [-0.25, -0.2) is 4.99 Å². The van der Waals surface area contributed by atoms with Crippen molar-refractivity contribution in [2.24, 2.45) is 4.99 Å². The van der Waals surface area contributed by atoms with Gasteiger partial charge in [0.2, 0.25) is 0 Å². The molecule has 6 nitrogen and oxygen atoms in total. The normalized spacial score (nSPS) is 14.5. The maximum absolute atomic E-state index is 13.4. The van der Waals surface area contributed by atoms with E-state index in [9.17, 15) is 4.79 Å². The summed E-state index contributed by atoms with van der Waals surface area (Å²) in [4.78, 5) is 19.7. The summed E-state index contributed by atoms with van der Waals surface area (Å²) in [5.74, 6) is 2.60. The van der Waals surface area contributed by atoms with Crippen molar-refractivity contribution < 1.29 is 19.0 Å². The highest BCUT2D eigenvalue weighted by atomic mass is 16.5. The van der Waals surface area contributed by atoms with E-state index in [0.29, 0.717) is 23.8 Å². The molecule has 0 aliphatic carbocycles. The van der Waals surface area contributed by atoms with Gasteiger partial charge in [0, 0.05) is 5.56 Å². The number of methoxy groups -OCH3 is 2. The summed E-state index contributed by atoms with van der Waals surface area (Å²) in [6, 6.07) is 22.4. The zero-order valence-electron chi connectivity index (χ0n) is 18.2. The molecule has 3 aromatic rings. The Bertz CT molecular complexity index is 1150. The van der Waals surface area contributed by atoms with Gasteiger partial charge in [0.1, 0.15) is 28.8 Å². The largest absolute Gasteiger partial charge is 0.497 e. The standard InChI is InChI=1S/C26H24N2O4/c1-4-32-23-15-9-20(10-16-23)28-25(19-7-13-22(31-3)14-8-19)27-24(26(28)29)17-18-5-11-21(30-2)12-6-18/h5-17H,4H2,1-3H3/b24-17+. The molecule has 32 heavy (non-hydrogen) atoms. The van der Waals surface area contributed by atoms with Gasteiger partial charge in [-0.15, -0.1) is 0 Å². The van der Waals surface area contributed by atoms with Crippen LogP contribution >= 0.6 is 0 Å². The van der Waals surface area contributed by atoms with Crippen LogP contribution in [0.25, 0.3) is 6.08 Å². The van der Waals surface area contributed by atoms with Gasteiger partial charge in [-0.3, -0.25) is 9.69 Å². The second-order valence-corrected chi connectivity index (χ2v) is 7.03. The molecule has 0 N–H and O–H groups in total. The molecule has 1 heterocycles. The zero-order valence-corrected chi connectivity index (χ0v) is 18.2. The second kappa shape index (κ2) is 9.39. The van der Waals surface area contributed by atoms with Gasteiger partial charge in [-0.1, -0.05) is 12.1 Å². The summed E-state index contributed by atoms with van der Waals surface area (Å²) in [5, 5.41) is 0. The number of amidine groups is 1. The summed E-state index contributed by atoms with van der Waals surface area (Å²) in [5.41, 5.74) is 2.74. The van der Waals surface area contributed by atoms with E-state index in [1.807, 2.05) is 79.7 Å². The molecule has 0 bridgehead atoms. The molecule has 162 valence electrons. The van der Waals surface area contributed by atoms with Gasteiger partial charge in [0.25, 0.3) is 5.91 Å². The van der Waals surface area contributed by atoms with E-state index in [-0.39, 0.29) is 5.91 Å². The van der Waals surface area contributed by atoms with Gasteiger partial charge >= 0.3 is 0 Å². The van der Waals surface area contributed by atoms with E-state index < -0.39 is 0 Å². The zero-order chi connectivity index (χ0) is 22.5. The van der Waals surface area contributed by atoms with E-state index in [1.54, 1.807) is 25.2 Å². The lowest BCUT2D eigenvalue weighted by Gasteiger charge is -2.19. The number of aliphatic imine (C=N–C) groups is 1. The Labute approximate surface area is 187 Å². The monoisotopic (exact) mass is 428 g/mol. The summed E-state index contributed by atoms with van der Waals surface area (Å²) < 4.78 is 16.0.